The Labute approximate surface area is 154 Å². The van der Waals surface area contributed by atoms with Gasteiger partial charge in [0, 0.05) is 57.7 Å². The highest BCUT2D eigenvalue weighted by atomic mass is 16.3. The number of phenolic OH excluding ortho intramolecular Hbond substituents is 1. The zero-order chi connectivity index (χ0) is 18.4. The van der Waals surface area contributed by atoms with Gasteiger partial charge in [-0.2, -0.15) is 0 Å². The number of rotatable bonds is 6. The second-order valence-corrected chi connectivity index (χ2v) is 6.40. The molecular formula is C20H26N4O2. The van der Waals surface area contributed by atoms with Crippen molar-refractivity contribution in [3.05, 3.63) is 54.1 Å². The molecule has 1 aliphatic heterocycles. The summed E-state index contributed by atoms with van der Waals surface area (Å²) in [5.41, 5.74) is 2.48. The molecule has 1 fully saturated rings. The molecule has 3 N–H and O–H groups in total. The van der Waals surface area contributed by atoms with Crippen molar-refractivity contribution in [2.75, 3.05) is 56.5 Å². The number of nitrogens with zero attached hydrogens (tertiary/aromatic N) is 2. The van der Waals surface area contributed by atoms with Crippen molar-refractivity contribution >= 4 is 17.3 Å². The van der Waals surface area contributed by atoms with Crippen LogP contribution in [0.15, 0.2) is 48.5 Å². The number of hydrogen-bond donors (Lipinski definition) is 3. The van der Waals surface area contributed by atoms with Crippen molar-refractivity contribution in [2.45, 2.75) is 0 Å². The molecule has 6 nitrogen and oxygen atoms in total. The standard InChI is InChI=1S/C20H26N4O2/c1-21-20(26)18-15-17(25)7-8-19(18)22-9-10-23-11-13-24(14-12-23)16-5-3-2-4-6-16/h2-8,15,22,25H,9-14H2,1H3,(H,21,26). The summed E-state index contributed by atoms with van der Waals surface area (Å²) in [6.45, 7) is 5.75. The van der Waals surface area contributed by atoms with Gasteiger partial charge >= 0.3 is 0 Å². The monoisotopic (exact) mass is 354 g/mol. The smallest absolute Gasteiger partial charge is 0.253 e. The number of aromatic hydroxyl groups is 1. The van der Waals surface area contributed by atoms with Gasteiger partial charge in [-0.25, -0.2) is 0 Å². The zero-order valence-corrected chi connectivity index (χ0v) is 15.1. The number of anilines is 2. The fourth-order valence-corrected chi connectivity index (χ4v) is 3.23. The van der Waals surface area contributed by atoms with Gasteiger partial charge in [-0.3, -0.25) is 9.69 Å². The molecule has 3 rings (SSSR count). The van der Waals surface area contributed by atoms with E-state index in [4.69, 9.17) is 0 Å². The number of para-hydroxylation sites is 1. The lowest BCUT2D eigenvalue weighted by Gasteiger charge is -2.36. The van der Waals surface area contributed by atoms with E-state index in [2.05, 4.69) is 44.7 Å². The molecule has 2 aromatic rings. The molecule has 0 unspecified atom stereocenters. The summed E-state index contributed by atoms with van der Waals surface area (Å²) in [5.74, 6) is -0.119. The third-order valence-corrected chi connectivity index (χ3v) is 4.71. The highest BCUT2D eigenvalue weighted by Gasteiger charge is 2.17. The average molecular weight is 354 g/mol. The number of carbonyl (C=O) groups is 1. The molecule has 0 radical (unpaired) electrons. The lowest BCUT2D eigenvalue weighted by Crippen LogP contribution is -2.47. The van der Waals surface area contributed by atoms with Crippen LogP contribution < -0.4 is 15.5 Å². The topological polar surface area (TPSA) is 67.8 Å². The predicted molar refractivity (Wildman–Crippen MR) is 105 cm³/mol. The molecule has 0 bridgehead atoms. The molecule has 6 heteroatoms. The van der Waals surface area contributed by atoms with Crippen molar-refractivity contribution in [1.29, 1.82) is 0 Å². The third-order valence-electron chi connectivity index (χ3n) is 4.71. The normalized spacial score (nSPS) is 14.9. The van der Waals surface area contributed by atoms with Crippen molar-refractivity contribution in [1.82, 2.24) is 10.2 Å². The van der Waals surface area contributed by atoms with Gasteiger partial charge < -0.3 is 20.6 Å². The molecule has 0 saturated carbocycles. The molecule has 1 heterocycles. The molecule has 0 aromatic heterocycles. The average Bonchev–Trinajstić information content (AvgIpc) is 2.69. The number of amides is 1. The highest BCUT2D eigenvalue weighted by Crippen LogP contribution is 2.21. The maximum absolute atomic E-state index is 11.9. The van der Waals surface area contributed by atoms with E-state index < -0.39 is 0 Å². The van der Waals surface area contributed by atoms with E-state index in [0.717, 1.165) is 45.0 Å². The van der Waals surface area contributed by atoms with Crippen LogP contribution in [0.2, 0.25) is 0 Å². The minimum absolute atomic E-state index is 0.0891. The summed E-state index contributed by atoms with van der Waals surface area (Å²) >= 11 is 0. The SMILES string of the molecule is CNC(=O)c1cc(O)ccc1NCCN1CCN(c2ccccc2)CC1. The summed E-state index contributed by atoms with van der Waals surface area (Å²) in [4.78, 5) is 16.8. The van der Waals surface area contributed by atoms with Crippen molar-refractivity contribution in [3.8, 4) is 5.75 Å². The molecule has 0 aliphatic carbocycles. The molecule has 1 amide bonds. The first kappa shape index (κ1) is 18.1. The molecule has 1 aliphatic rings. The second-order valence-electron chi connectivity index (χ2n) is 6.40. The maximum Gasteiger partial charge on any atom is 0.253 e. The first-order valence-electron chi connectivity index (χ1n) is 8.98. The van der Waals surface area contributed by atoms with Gasteiger partial charge in [0.15, 0.2) is 0 Å². The quantitative estimate of drug-likeness (QED) is 0.692. The number of nitrogens with one attached hydrogen (secondary N) is 2. The fourth-order valence-electron chi connectivity index (χ4n) is 3.23. The Morgan fingerprint density at radius 3 is 2.50 bits per heavy atom. The van der Waals surface area contributed by atoms with Gasteiger partial charge in [-0.15, -0.1) is 0 Å². The van der Waals surface area contributed by atoms with Gasteiger partial charge in [0.1, 0.15) is 5.75 Å². The number of benzene rings is 2. The Kier molecular flexibility index (Phi) is 5.96. The molecule has 2 aromatic carbocycles. The first-order valence-corrected chi connectivity index (χ1v) is 8.98. The highest BCUT2D eigenvalue weighted by molar-refractivity contribution is 5.99. The van der Waals surface area contributed by atoms with Crippen molar-refractivity contribution in [3.63, 3.8) is 0 Å². The van der Waals surface area contributed by atoms with E-state index in [1.54, 1.807) is 19.2 Å². The molecule has 0 atom stereocenters. The van der Waals surface area contributed by atoms with E-state index in [9.17, 15) is 9.90 Å². The summed E-state index contributed by atoms with van der Waals surface area (Å²) in [6, 6.07) is 15.3. The van der Waals surface area contributed by atoms with Crippen LogP contribution in [-0.2, 0) is 0 Å². The number of hydrogen-bond acceptors (Lipinski definition) is 5. The third kappa shape index (κ3) is 4.46. The van der Waals surface area contributed by atoms with E-state index in [0.29, 0.717) is 5.56 Å². The maximum atomic E-state index is 11.9. The van der Waals surface area contributed by atoms with Crippen molar-refractivity contribution < 1.29 is 9.90 Å². The van der Waals surface area contributed by atoms with Crippen LogP contribution in [0.1, 0.15) is 10.4 Å². The van der Waals surface area contributed by atoms with Crippen LogP contribution in [0.5, 0.6) is 5.75 Å². The molecule has 0 spiro atoms. The number of carbonyl (C=O) groups excluding carboxylic acids is 1. The molecular weight excluding hydrogens is 328 g/mol. The fraction of sp³-hybridized carbons (Fsp3) is 0.350. The van der Waals surface area contributed by atoms with E-state index >= 15 is 0 Å². The summed E-state index contributed by atoms with van der Waals surface area (Å²) in [5, 5.41) is 15.5. The Morgan fingerprint density at radius 1 is 1.08 bits per heavy atom. The summed E-state index contributed by atoms with van der Waals surface area (Å²) < 4.78 is 0. The number of phenols is 1. The van der Waals surface area contributed by atoms with Crippen LogP contribution in [0.3, 0.4) is 0 Å². The Balaban J connectivity index is 1.48. The van der Waals surface area contributed by atoms with Gasteiger partial charge in [-0.1, -0.05) is 18.2 Å². The summed E-state index contributed by atoms with van der Waals surface area (Å²) in [6.07, 6.45) is 0. The van der Waals surface area contributed by atoms with Gasteiger partial charge in [0.25, 0.3) is 5.91 Å². The largest absolute Gasteiger partial charge is 0.508 e. The van der Waals surface area contributed by atoms with Crippen LogP contribution in [0.25, 0.3) is 0 Å². The van der Waals surface area contributed by atoms with E-state index in [-0.39, 0.29) is 11.7 Å². The molecule has 138 valence electrons. The predicted octanol–water partition coefficient (Wildman–Crippen LogP) is 1.99. The lowest BCUT2D eigenvalue weighted by molar-refractivity contribution is 0.0963. The van der Waals surface area contributed by atoms with Crippen LogP contribution in [-0.4, -0.2) is 62.2 Å². The van der Waals surface area contributed by atoms with E-state index in [1.165, 1.54) is 11.8 Å². The van der Waals surface area contributed by atoms with Gasteiger partial charge in [-0.05, 0) is 30.3 Å². The van der Waals surface area contributed by atoms with Crippen LogP contribution >= 0.6 is 0 Å². The Hall–Kier alpha value is -2.73. The Bertz CT molecular complexity index is 728. The van der Waals surface area contributed by atoms with Gasteiger partial charge in [0.05, 0.1) is 5.56 Å². The summed E-state index contributed by atoms with van der Waals surface area (Å²) in [7, 11) is 1.59. The number of piperazine rings is 1. The minimum atomic E-state index is -0.208. The molecule has 26 heavy (non-hydrogen) atoms. The van der Waals surface area contributed by atoms with Gasteiger partial charge in [0.2, 0.25) is 0 Å². The van der Waals surface area contributed by atoms with Crippen LogP contribution in [0.4, 0.5) is 11.4 Å². The first-order chi connectivity index (χ1) is 12.7. The van der Waals surface area contributed by atoms with E-state index in [1.807, 2.05) is 6.07 Å². The van der Waals surface area contributed by atoms with Crippen molar-refractivity contribution in [2.24, 2.45) is 0 Å². The Morgan fingerprint density at radius 2 is 1.81 bits per heavy atom. The second kappa shape index (κ2) is 8.58. The zero-order valence-electron chi connectivity index (χ0n) is 15.1. The lowest BCUT2D eigenvalue weighted by atomic mass is 10.1. The minimum Gasteiger partial charge on any atom is -0.508 e. The molecule has 1 saturated heterocycles. The van der Waals surface area contributed by atoms with Crippen LogP contribution in [0, 0.1) is 0 Å².